The average Bonchev–Trinajstić information content (AvgIpc) is 3.55. The van der Waals surface area contributed by atoms with Crippen molar-refractivity contribution in [2.45, 2.75) is 122 Å². The van der Waals surface area contributed by atoms with Crippen molar-refractivity contribution in [2.75, 3.05) is 26.6 Å². The Morgan fingerprint density at radius 1 is 0.780 bits per heavy atom. The van der Waals surface area contributed by atoms with Crippen LogP contribution in [0.2, 0.25) is 0 Å². The molecular formula is C41H57N3O5S. The number of thioether (sulfide) groups is 1. The van der Waals surface area contributed by atoms with E-state index in [1.54, 1.807) is 0 Å². The molecule has 3 aromatic rings. The van der Waals surface area contributed by atoms with Gasteiger partial charge in [-0.25, -0.2) is 14.6 Å². The number of H-pyrrole nitrogens is 1. The van der Waals surface area contributed by atoms with Gasteiger partial charge in [-0.2, -0.15) is 0 Å². The summed E-state index contributed by atoms with van der Waals surface area (Å²) >= 11 is 1.48. The second kappa shape index (κ2) is 20.8. The van der Waals surface area contributed by atoms with Crippen LogP contribution in [-0.2, 0) is 25.5 Å². The molecule has 1 aliphatic rings. The van der Waals surface area contributed by atoms with Crippen molar-refractivity contribution in [2.24, 2.45) is 0 Å². The van der Waals surface area contributed by atoms with Gasteiger partial charge in [-0.05, 0) is 50.5 Å². The molecule has 0 aliphatic carbocycles. The number of aromatic nitrogens is 2. The van der Waals surface area contributed by atoms with Crippen LogP contribution in [0.25, 0.3) is 11.0 Å². The van der Waals surface area contributed by atoms with Crippen LogP contribution in [0, 0.1) is 0 Å². The molecule has 0 radical (unpaired) electrons. The Balaban J connectivity index is 1.55. The van der Waals surface area contributed by atoms with E-state index in [0.29, 0.717) is 40.6 Å². The van der Waals surface area contributed by atoms with Crippen LogP contribution >= 0.6 is 11.8 Å². The Hall–Kier alpha value is -3.72. The Labute approximate surface area is 303 Å². The number of ether oxygens (including phenoxy) is 3. The lowest BCUT2D eigenvalue weighted by molar-refractivity contribution is -0.137. The Kier molecular flexibility index (Phi) is 16.3. The number of allylic oxidation sites excluding steroid dienone is 1. The lowest BCUT2D eigenvalue weighted by Crippen LogP contribution is -2.34. The third kappa shape index (κ3) is 10.6. The number of methoxy groups -OCH3 is 2. The highest BCUT2D eigenvalue weighted by Crippen LogP contribution is 2.45. The molecule has 1 atom stereocenters. The van der Waals surface area contributed by atoms with Crippen LogP contribution in [-0.4, -0.2) is 48.5 Å². The van der Waals surface area contributed by atoms with Crippen molar-refractivity contribution in [3.05, 3.63) is 76.1 Å². The molecule has 1 aromatic heterocycles. The molecule has 1 unspecified atom stereocenters. The van der Waals surface area contributed by atoms with Gasteiger partial charge in [0.25, 0.3) is 0 Å². The Bertz CT molecular complexity index is 1580. The van der Waals surface area contributed by atoms with Crippen molar-refractivity contribution >= 4 is 34.7 Å². The molecule has 0 saturated heterocycles. The maximum absolute atomic E-state index is 13.8. The van der Waals surface area contributed by atoms with Gasteiger partial charge in [0.05, 0.1) is 48.9 Å². The second-order valence-corrected chi connectivity index (χ2v) is 14.0. The number of nitrogens with one attached hydrogen (secondary N) is 2. The van der Waals surface area contributed by atoms with E-state index in [2.05, 4.69) is 23.3 Å². The van der Waals surface area contributed by atoms with E-state index in [-0.39, 0.29) is 0 Å². The van der Waals surface area contributed by atoms with Crippen LogP contribution in [0.15, 0.2) is 70.2 Å². The summed E-state index contributed by atoms with van der Waals surface area (Å²) in [6, 6.07) is 13.9. The maximum Gasteiger partial charge on any atom is 0.336 e. The van der Waals surface area contributed by atoms with Crippen LogP contribution in [0.5, 0.6) is 5.75 Å². The molecule has 4 rings (SSSR count). The van der Waals surface area contributed by atoms with Gasteiger partial charge in [0.15, 0.2) is 5.16 Å². The number of carbonyl (C=O) groups excluding carboxylic acids is 2. The maximum atomic E-state index is 13.8. The largest absolute Gasteiger partial charge is 0.494 e. The molecule has 0 bridgehead atoms. The van der Waals surface area contributed by atoms with E-state index in [1.807, 2.05) is 50.2 Å². The average molecular weight is 704 g/mol. The highest BCUT2D eigenvalue weighted by Gasteiger charge is 2.41. The van der Waals surface area contributed by atoms with Crippen molar-refractivity contribution in [1.29, 1.82) is 0 Å². The molecule has 8 nitrogen and oxygen atoms in total. The summed E-state index contributed by atoms with van der Waals surface area (Å²) in [6.07, 6.45) is 17.5. The number of carbonyl (C=O) groups is 2. The first kappa shape index (κ1) is 39.1. The molecule has 0 fully saturated rings. The number of benzene rings is 2. The molecule has 272 valence electrons. The second-order valence-electron chi connectivity index (χ2n) is 13.1. The monoisotopic (exact) mass is 703 g/mol. The molecule has 2 aromatic carbocycles. The first-order valence-corrected chi connectivity index (χ1v) is 19.6. The van der Waals surface area contributed by atoms with Crippen molar-refractivity contribution in [3.8, 4) is 5.75 Å². The molecule has 2 heterocycles. The number of unbranched alkanes of at least 4 members (excludes halogenated alkanes) is 12. The van der Waals surface area contributed by atoms with Gasteiger partial charge in [0.1, 0.15) is 5.75 Å². The van der Waals surface area contributed by atoms with Crippen molar-refractivity contribution < 1.29 is 23.8 Å². The first-order valence-electron chi connectivity index (χ1n) is 18.6. The molecule has 0 amide bonds. The number of nitrogens with zero attached hydrogens (tertiary/aromatic N) is 1. The van der Waals surface area contributed by atoms with Crippen LogP contribution < -0.4 is 10.1 Å². The first-order chi connectivity index (χ1) is 24.4. The Morgan fingerprint density at radius 2 is 1.40 bits per heavy atom. The fourth-order valence-corrected chi connectivity index (χ4v) is 7.77. The van der Waals surface area contributed by atoms with Crippen LogP contribution in [0.4, 0.5) is 0 Å². The van der Waals surface area contributed by atoms with E-state index in [4.69, 9.17) is 19.2 Å². The third-order valence-corrected chi connectivity index (χ3v) is 10.4. The van der Waals surface area contributed by atoms with Gasteiger partial charge < -0.3 is 24.5 Å². The smallest absolute Gasteiger partial charge is 0.336 e. The number of imidazole rings is 1. The van der Waals surface area contributed by atoms with Crippen molar-refractivity contribution in [1.82, 2.24) is 15.3 Å². The van der Waals surface area contributed by atoms with Gasteiger partial charge in [0, 0.05) is 22.7 Å². The van der Waals surface area contributed by atoms with Gasteiger partial charge in [-0.1, -0.05) is 120 Å². The van der Waals surface area contributed by atoms with E-state index in [9.17, 15) is 9.59 Å². The number of hydrogen-bond donors (Lipinski definition) is 2. The van der Waals surface area contributed by atoms with Gasteiger partial charge >= 0.3 is 11.9 Å². The van der Waals surface area contributed by atoms with Crippen LogP contribution in [0.1, 0.15) is 121 Å². The highest BCUT2D eigenvalue weighted by atomic mass is 32.2. The standard InChI is InChI=1S/C41H57N3O5S/c1-6-8-9-10-11-12-13-14-15-16-17-18-19-23-30-24-22-27-34(49-7-2)36(30)38-35(39(45)47-4)29(3)42-33(37(38)40(46)48-5)28-50-41-43-31-25-20-21-26-32(31)44-41/h20-22,24-27,38,42H,6-19,23,28H2,1-5H3,(H,43,44). The summed E-state index contributed by atoms with van der Waals surface area (Å²) in [7, 11) is 2.75. The van der Waals surface area contributed by atoms with E-state index < -0.39 is 17.9 Å². The number of para-hydroxylation sites is 2. The molecule has 0 saturated carbocycles. The summed E-state index contributed by atoms with van der Waals surface area (Å²) in [5.74, 6) is -0.676. The number of rotatable bonds is 22. The zero-order valence-corrected chi connectivity index (χ0v) is 31.6. The van der Waals surface area contributed by atoms with E-state index >= 15 is 0 Å². The fraction of sp³-hybridized carbons (Fsp3) is 0.537. The normalized spacial score (nSPS) is 14.6. The highest BCUT2D eigenvalue weighted by molar-refractivity contribution is 7.99. The zero-order chi connectivity index (χ0) is 35.7. The summed E-state index contributed by atoms with van der Waals surface area (Å²) in [4.78, 5) is 35.4. The van der Waals surface area contributed by atoms with Gasteiger partial charge in [-0.3, -0.25) is 0 Å². The minimum absolute atomic E-state index is 0.376. The number of dihydropyridines is 1. The van der Waals surface area contributed by atoms with E-state index in [0.717, 1.165) is 46.6 Å². The molecule has 0 spiro atoms. The molecule has 2 N–H and O–H groups in total. The molecule has 50 heavy (non-hydrogen) atoms. The third-order valence-electron chi connectivity index (χ3n) is 9.47. The minimum Gasteiger partial charge on any atom is -0.494 e. The topological polar surface area (TPSA) is 103 Å². The lowest BCUT2D eigenvalue weighted by Gasteiger charge is -2.33. The van der Waals surface area contributed by atoms with Gasteiger partial charge in [0.2, 0.25) is 0 Å². The summed E-state index contributed by atoms with van der Waals surface area (Å²) in [5.41, 5.74) is 5.75. The number of fused-ring (bicyclic) bond motifs is 1. The Morgan fingerprint density at radius 3 is 2.02 bits per heavy atom. The fourth-order valence-electron chi connectivity index (χ4n) is 6.92. The predicted molar refractivity (Wildman–Crippen MR) is 203 cm³/mol. The number of esters is 2. The molecule has 1 aliphatic heterocycles. The number of aromatic amines is 1. The lowest BCUT2D eigenvalue weighted by atomic mass is 9.77. The zero-order valence-electron chi connectivity index (χ0n) is 30.8. The van der Waals surface area contributed by atoms with Crippen molar-refractivity contribution in [3.63, 3.8) is 0 Å². The quantitative estimate of drug-likeness (QED) is 0.0606. The SMILES string of the molecule is CCCCCCCCCCCCCCCc1cccc(OCC)c1C1C(C(=O)OC)=C(C)NC(CSc2nc3ccccc3[nH]2)=C1C(=O)OC. The summed E-state index contributed by atoms with van der Waals surface area (Å²) < 4.78 is 16.9. The van der Waals surface area contributed by atoms with E-state index in [1.165, 1.54) is 96.6 Å². The summed E-state index contributed by atoms with van der Waals surface area (Å²) in [5, 5.41) is 4.11. The molecular weight excluding hydrogens is 647 g/mol. The summed E-state index contributed by atoms with van der Waals surface area (Å²) in [6.45, 7) is 6.52. The van der Waals surface area contributed by atoms with Gasteiger partial charge in [-0.15, -0.1) is 0 Å². The minimum atomic E-state index is -0.734. The van der Waals surface area contributed by atoms with Crippen LogP contribution in [0.3, 0.4) is 0 Å². The molecule has 9 heteroatoms. The number of aryl methyl sites for hydroxylation is 1. The number of hydrogen-bond acceptors (Lipinski definition) is 8. The predicted octanol–water partition coefficient (Wildman–Crippen LogP) is 9.95.